The molecule has 2 N–H and O–H groups in total. The molecule has 2 aromatic carbocycles. The number of ether oxygens (including phenoxy) is 2. The first-order valence-corrected chi connectivity index (χ1v) is 10.1. The lowest BCUT2D eigenvalue weighted by Crippen LogP contribution is -2.27. The van der Waals surface area contributed by atoms with Gasteiger partial charge in [0, 0.05) is 23.2 Å². The summed E-state index contributed by atoms with van der Waals surface area (Å²) in [5, 5.41) is 11.8. The third kappa shape index (κ3) is 5.66. The van der Waals surface area contributed by atoms with Crippen LogP contribution in [-0.4, -0.2) is 47.5 Å². The maximum absolute atomic E-state index is 13.3. The third-order valence-electron chi connectivity index (χ3n) is 5.08. The number of carbonyl (C=O) groups excluding carboxylic acids is 2. The van der Waals surface area contributed by atoms with Gasteiger partial charge < -0.3 is 19.9 Å². The number of carboxylic acids is 1. The number of amides is 1. The lowest BCUT2D eigenvalue weighted by molar-refractivity contribution is -0.274. The number of carboxylic acid groups (broad SMARTS) is 1. The van der Waals surface area contributed by atoms with Gasteiger partial charge in [0.05, 0.1) is 25.5 Å². The van der Waals surface area contributed by atoms with Crippen molar-refractivity contribution in [3.63, 3.8) is 0 Å². The van der Waals surface area contributed by atoms with Crippen molar-refractivity contribution in [3.8, 4) is 11.5 Å². The molecular formula is C23H21F3N2O6. The molecule has 11 heteroatoms. The second-order valence-electron chi connectivity index (χ2n) is 7.33. The predicted octanol–water partition coefficient (Wildman–Crippen LogP) is 3.68. The van der Waals surface area contributed by atoms with E-state index < -0.39 is 29.9 Å². The van der Waals surface area contributed by atoms with Crippen molar-refractivity contribution in [2.45, 2.75) is 26.1 Å². The quantitative estimate of drug-likeness (QED) is 0.512. The summed E-state index contributed by atoms with van der Waals surface area (Å²) in [5.41, 5.74) is 1.58. The molecule has 0 aliphatic heterocycles. The van der Waals surface area contributed by atoms with Gasteiger partial charge in [-0.15, -0.1) is 13.2 Å². The van der Waals surface area contributed by atoms with Gasteiger partial charge in [-0.05, 0) is 55.0 Å². The predicted molar refractivity (Wildman–Crippen MR) is 115 cm³/mol. The van der Waals surface area contributed by atoms with Crippen LogP contribution in [0.2, 0.25) is 0 Å². The van der Waals surface area contributed by atoms with E-state index >= 15 is 0 Å². The number of fused-ring (bicyclic) bond motifs is 1. The Morgan fingerprint density at radius 2 is 1.71 bits per heavy atom. The normalized spacial score (nSPS) is 11.3. The van der Waals surface area contributed by atoms with Crippen LogP contribution in [0.4, 0.5) is 13.2 Å². The zero-order valence-electron chi connectivity index (χ0n) is 18.2. The summed E-state index contributed by atoms with van der Waals surface area (Å²) >= 11 is 0. The first-order valence-electron chi connectivity index (χ1n) is 10.1. The van der Waals surface area contributed by atoms with Gasteiger partial charge in [0.1, 0.15) is 11.5 Å². The molecule has 0 aliphatic carbocycles. The molecule has 0 radical (unpaired) electrons. The van der Waals surface area contributed by atoms with E-state index in [0.717, 1.165) is 12.1 Å². The van der Waals surface area contributed by atoms with E-state index in [9.17, 15) is 27.6 Å². The maximum Gasteiger partial charge on any atom is 0.573 e. The Balaban J connectivity index is 1.97. The van der Waals surface area contributed by atoms with Crippen LogP contribution < -0.4 is 14.8 Å². The largest absolute Gasteiger partial charge is 0.573 e. The molecule has 0 spiro atoms. The third-order valence-corrected chi connectivity index (χ3v) is 5.08. The molecule has 34 heavy (non-hydrogen) atoms. The highest BCUT2D eigenvalue weighted by Gasteiger charge is 2.31. The zero-order valence-corrected chi connectivity index (χ0v) is 18.2. The molecular weight excluding hydrogens is 457 g/mol. The van der Waals surface area contributed by atoms with Crippen molar-refractivity contribution in [1.82, 2.24) is 9.88 Å². The van der Waals surface area contributed by atoms with Crippen LogP contribution in [0.15, 0.2) is 42.5 Å². The highest BCUT2D eigenvalue weighted by atomic mass is 19.4. The fourth-order valence-electron chi connectivity index (χ4n) is 3.53. The molecule has 0 fully saturated rings. The summed E-state index contributed by atoms with van der Waals surface area (Å²) in [7, 11) is 1.47. The molecule has 3 aromatic rings. The van der Waals surface area contributed by atoms with Crippen molar-refractivity contribution < 1.29 is 42.1 Å². The number of nitrogens with zero attached hydrogens (tertiary/aromatic N) is 1. The molecule has 1 aromatic heterocycles. The topological polar surface area (TPSA) is 107 Å². The van der Waals surface area contributed by atoms with Gasteiger partial charge in [-0.3, -0.25) is 19.0 Å². The minimum Gasteiger partial charge on any atom is -0.497 e. The highest BCUT2D eigenvalue weighted by molar-refractivity contribution is 6.05. The Morgan fingerprint density at radius 1 is 1.06 bits per heavy atom. The van der Waals surface area contributed by atoms with Crippen LogP contribution in [0.3, 0.4) is 0 Å². The summed E-state index contributed by atoms with van der Waals surface area (Å²) in [6.07, 6.45) is -5.20. The second-order valence-corrected chi connectivity index (χ2v) is 7.33. The van der Waals surface area contributed by atoms with E-state index in [0.29, 0.717) is 27.9 Å². The average molecular weight is 478 g/mol. The molecule has 180 valence electrons. The van der Waals surface area contributed by atoms with Gasteiger partial charge in [0.15, 0.2) is 0 Å². The first kappa shape index (κ1) is 24.6. The van der Waals surface area contributed by atoms with Crippen molar-refractivity contribution in [2.24, 2.45) is 0 Å². The number of methoxy groups -OCH3 is 1. The number of alkyl halides is 3. The second kappa shape index (κ2) is 9.86. The molecule has 1 heterocycles. The zero-order chi connectivity index (χ0) is 25.0. The Bertz CT molecular complexity index is 1230. The van der Waals surface area contributed by atoms with Crippen LogP contribution in [0, 0.1) is 6.92 Å². The molecule has 0 bridgehead atoms. The molecule has 0 unspecified atom stereocenters. The SMILES string of the molecule is COc1ccc2c(c1)c(CC(=O)NCCC(=O)O)c(C)n2C(=O)c1ccc(OC(F)(F)F)cc1. The van der Waals surface area contributed by atoms with E-state index in [-0.39, 0.29) is 24.9 Å². The number of rotatable bonds is 8. The van der Waals surface area contributed by atoms with Gasteiger partial charge in [-0.25, -0.2) is 0 Å². The number of hydrogen-bond acceptors (Lipinski definition) is 5. The van der Waals surface area contributed by atoms with Crippen molar-refractivity contribution in [2.75, 3.05) is 13.7 Å². The number of hydrogen-bond donors (Lipinski definition) is 2. The number of halogens is 3. The summed E-state index contributed by atoms with van der Waals surface area (Å²) in [5.74, 6) is -1.94. The summed E-state index contributed by atoms with van der Waals surface area (Å²) in [6.45, 7) is 1.60. The minimum absolute atomic E-state index is 0.0412. The first-order chi connectivity index (χ1) is 16.0. The summed E-state index contributed by atoms with van der Waals surface area (Å²) in [4.78, 5) is 36.4. The van der Waals surface area contributed by atoms with Crippen molar-refractivity contribution in [1.29, 1.82) is 0 Å². The summed E-state index contributed by atoms with van der Waals surface area (Å²) < 4.78 is 47.7. The fourth-order valence-corrected chi connectivity index (χ4v) is 3.53. The van der Waals surface area contributed by atoms with Crippen LogP contribution in [0.1, 0.15) is 28.0 Å². The number of aliphatic carboxylic acids is 1. The maximum atomic E-state index is 13.3. The van der Waals surface area contributed by atoms with Crippen LogP contribution >= 0.6 is 0 Å². The molecule has 1 amide bonds. The van der Waals surface area contributed by atoms with E-state index in [1.807, 2.05) is 0 Å². The fraction of sp³-hybridized carbons (Fsp3) is 0.261. The van der Waals surface area contributed by atoms with Crippen LogP contribution in [0.25, 0.3) is 10.9 Å². The van der Waals surface area contributed by atoms with Gasteiger partial charge in [-0.2, -0.15) is 0 Å². The average Bonchev–Trinajstić information content (AvgIpc) is 3.03. The van der Waals surface area contributed by atoms with Crippen molar-refractivity contribution in [3.05, 3.63) is 59.3 Å². The molecule has 3 rings (SSSR count). The lowest BCUT2D eigenvalue weighted by atomic mass is 10.1. The number of nitrogens with one attached hydrogen (secondary N) is 1. The standard InChI is InChI=1S/C23H21F3N2O6/c1-13-17(12-20(29)27-10-9-21(30)31)18-11-16(33-2)7-8-19(18)28(13)22(32)14-3-5-15(6-4-14)34-23(24,25)26/h3-8,11H,9-10,12H2,1-2H3,(H,27,29)(H,30,31). The van der Waals surface area contributed by atoms with Crippen molar-refractivity contribution >= 4 is 28.7 Å². The molecule has 0 aliphatic rings. The van der Waals surface area contributed by atoms with Gasteiger partial charge in [0.2, 0.25) is 5.91 Å². The molecule has 8 nitrogen and oxygen atoms in total. The summed E-state index contributed by atoms with van der Waals surface area (Å²) in [6, 6.07) is 9.48. The highest BCUT2D eigenvalue weighted by Crippen LogP contribution is 2.31. The number of benzene rings is 2. The van der Waals surface area contributed by atoms with Gasteiger partial charge >= 0.3 is 12.3 Å². The molecule has 0 saturated carbocycles. The number of carbonyl (C=O) groups is 3. The monoisotopic (exact) mass is 478 g/mol. The minimum atomic E-state index is -4.85. The van der Waals surface area contributed by atoms with E-state index in [1.54, 1.807) is 25.1 Å². The Labute approximate surface area is 191 Å². The Morgan fingerprint density at radius 3 is 2.29 bits per heavy atom. The van der Waals surface area contributed by atoms with E-state index in [4.69, 9.17) is 9.84 Å². The van der Waals surface area contributed by atoms with E-state index in [1.165, 1.54) is 23.8 Å². The van der Waals surface area contributed by atoms with E-state index in [2.05, 4.69) is 10.1 Å². The van der Waals surface area contributed by atoms with Crippen LogP contribution in [-0.2, 0) is 16.0 Å². The number of aromatic nitrogens is 1. The van der Waals surface area contributed by atoms with Gasteiger partial charge in [0.25, 0.3) is 5.91 Å². The Kier molecular flexibility index (Phi) is 7.14. The molecule has 0 atom stereocenters. The molecule has 0 saturated heterocycles. The smallest absolute Gasteiger partial charge is 0.497 e. The lowest BCUT2D eigenvalue weighted by Gasteiger charge is -2.11. The van der Waals surface area contributed by atoms with Crippen LogP contribution in [0.5, 0.6) is 11.5 Å². The Hall–Kier alpha value is -4.02. The van der Waals surface area contributed by atoms with Gasteiger partial charge in [-0.1, -0.05) is 0 Å².